The number of benzene rings is 1. The molecule has 25 heavy (non-hydrogen) atoms. The van der Waals surface area contributed by atoms with Crippen LogP contribution in [0.25, 0.3) is 0 Å². The molecule has 1 saturated heterocycles. The van der Waals surface area contributed by atoms with Crippen LogP contribution in [0.5, 0.6) is 0 Å². The van der Waals surface area contributed by atoms with Crippen molar-refractivity contribution in [3.8, 4) is 0 Å². The third-order valence-corrected chi connectivity index (χ3v) is 4.94. The fraction of sp³-hybridized carbons (Fsp3) is 0.389. The second-order valence-electron chi connectivity index (χ2n) is 5.72. The van der Waals surface area contributed by atoms with Crippen molar-refractivity contribution in [3.05, 3.63) is 52.2 Å². The lowest BCUT2D eigenvalue weighted by atomic mass is 10.2. The molecule has 2 aromatic rings. The van der Waals surface area contributed by atoms with Crippen LogP contribution in [0, 0.1) is 0 Å². The number of morpholine rings is 1. The minimum atomic E-state index is 0. The molecule has 1 fully saturated rings. The van der Waals surface area contributed by atoms with Crippen LogP contribution in [-0.4, -0.2) is 38.8 Å². The summed E-state index contributed by atoms with van der Waals surface area (Å²) < 4.78 is 5.39. The molecule has 1 aromatic carbocycles. The number of guanidine groups is 1. The van der Waals surface area contributed by atoms with Crippen LogP contribution in [0.15, 0.2) is 46.8 Å². The summed E-state index contributed by atoms with van der Waals surface area (Å²) in [5.74, 6) is 0.504. The van der Waals surface area contributed by atoms with Gasteiger partial charge in [0.25, 0.3) is 0 Å². The molecule has 1 aliphatic rings. The Morgan fingerprint density at radius 1 is 1.20 bits per heavy atom. The molecule has 1 aliphatic heterocycles. The second kappa shape index (κ2) is 10.6. The van der Waals surface area contributed by atoms with Crippen molar-refractivity contribution in [3.63, 3.8) is 0 Å². The maximum Gasteiger partial charge on any atom is 0.188 e. The number of aliphatic imine (C=N–C) groups is 1. The van der Waals surface area contributed by atoms with Gasteiger partial charge in [-0.15, -0.1) is 35.3 Å². The summed E-state index contributed by atoms with van der Waals surface area (Å²) in [4.78, 5) is 8.11. The number of thiophene rings is 1. The Balaban J connectivity index is 0.00000225. The smallest absolute Gasteiger partial charge is 0.188 e. The van der Waals surface area contributed by atoms with Crippen molar-refractivity contribution >= 4 is 47.0 Å². The standard InChI is InChI=1S/C18H24N4OS.HI/c19-18(20-8-7-17-2-1-13-24-17)21-14-15-3-5-16(6-4-15)22-9-11-23-12-10-22;/h1-6,13H,7-12,14H2,(H3,19,20,21);1H. The fourth-order valence-corrected chi connectivity index (χ4v) is 3.34. The van der Waals surface area contributed by atoms with E-state index in [9.17, 15) is 0 Å². The average molecular weight is 472 g/mol. The van der Waals surface area contributed by atoms with Crippen molar-refractivity contribution < 1.29 is 4.74 Å². The number of ether oxygens (including phenoxy) is 1. The van der Waals surface area contributed by atoms with Gasteiger partial charge in [-0.25, -0.2) is 4.99 Å². The Bertz CT molecular complexity index is 640. The lowest BCUT2D eigenvalue weighted by molar-refractivity contribution is 0.122. The minimum absolute atomic E-state index is 0. The molecule has 7 heteroatoms. The van der Waals surface area contributed by atoms with Gasteiger partial charge in [0.05, 0.1) is 19.8 Å². The number of hydrogen-bond acceptors (Lipinski definition) is 4. The van der Waals surface area contributed by atoms with Crippen LogP contribution in [0.3, 0.4) is 0 Å². The SMILES string of the molecule is I.NC(=NCc1ccc(N2CCOCC2)cc1)NCCc1cccs1. The van der Waals surface area contributed by atoms with E-state index in [1.54, 1.807) is 11.3 Å². The van der Waals surface area contributed by atoms with E-state index in [-0.39, 0.29) is 24.0 Å². The summed E-state index contributed by atoms with van der Waals surface area (Å²) >= 11 is 1.77. The molecule has 0 atom stereocenters. The fourth-order valence-electron chi connectivity index (χ4n) is 2.63. The highest BCUT2D eigenvalue weighted by atomic mass is 127. The van der Waals surface area contributed by atoms with Gasteiger partial charge >= 0.3 is 0 Å². The summed E-state index contributed by atoms with van der Waals surface area (Å²) in [5, 5.41) is 5.26. The molecule has 0 aliphatic carbocycles. The molecule has 0 spiro atoms. The number of rotatable bonds is 6. The highest BCUT2D eigenvalue weighted by molar-refractivity contribution is 14.0. The number of nitrogens with one attached hydrogen (secondary N) is 1. The molecule has 3 N–H and O–H groups in total. The van der Waals surface area contributed by atoms with Crippen LogP contribution in [0.2, 0.25) is 0 Å². The summed E-state index contributed by atoms with van der Waals surface area (Å²) in [6.45, 7) is 4.93. The molecule has 0 unspecified atom stereocenters. The van der Waals surface area contributed by atoms with E-state index in [4.69, 9.17) is 10.5 Å². The Labute approximate surface area is 170 Å². The number of nitrogens with zero attached hydrogens (tertiary/aromatic N) is 2. The Kier molecular flexibility index (Phi) is 8.50. The van der Waals surface area contributed by atoms with Crippen molar-refractivity contribution in [1.82, 2.24) is 5.32 Å². The van der Waals surface area contributed by atoms with E-state index >= 15 is 0 Å². The highest BCUT2D eigenvalue weighted by Gasteiger charge is 2.10. The van der Waals surface area contributed by atoms with E-state index in [2.05, 4.69) is 57.0 Å². The number of halogens is 1. The summed E-state index contributed by atoms with van der Waals surface area (Å²) in [7, 11) is 0. The van der Waals surface area contributed by atoms with E-state index in [0.29, 0.717) is 12.5 Å². The largest absolute Gasteiger partial charge is 0.378 e. The molecule has 3 rings (SSSR count). The lowest BCUT2D eigenvalue weighted by Crippen LogP contribution is -2.36. The molecular weight excluding hydrogens is 447 g/mol. The van der Waals surface area contributed by atoms with E-state index in [0.717, 1.165) is 44.8 Å². The molecule has 1 aromatic heterocycles. The molecule has 0 radical (unpaired) electrons. The molecule has 136 valence electrons. The van der Waals surface area contributed by atoms with Crippen molar-refractivity contribution in [1.29, 1.82) is 0 Å². The maximum atomic E-state index is 5.93. The third kappa shape index (κ3) is 6.48. The van der Waals surface area contributed by atoms with Crippen LogP contribution >= 0.6 is 35.3 Å². The molecule has 0 saturated carbocycles. The molecule has 2 heterocycles. The zero-order chi connectivity index (χ0) is 16.6. The van der Waals surface area contributed by atoms with E-state index in [1.807, 2.05) is 0 Å². The van der Waals surface area contributed by atoms with Crippen molar-refractivity contribution in [2.24, 2.45) is 10.7 Å². The third-order valence-electron chi connectivity index (χ3n) is 4.00. The van der Waals surface area contributed by atoms with Crippen LogP contribution in [0.4, 0.5) is 5.69 Å². The quantitative estimate of drug-likeness (QED) is 0.386. The van der Waals surface area contributed by atoms with Crippen LogP contribution < -0.4 is 16.0 Å². The summed E-state index contributed by atoms with van der Waals surface area (Å²) in [5.41, 5.74) is 8.33. The van der Waals surface area contributed by atoms with Gasteiger partial charge in [0, 0.05) is 30.2 Å². The predicted octanol–water partition coefficient (Wildman–Crippen LogP) is 2.85. The number of nitrogens with two attached hydrogens (primary N) is 1. The number of hydrogen-bond donors (Lipinski definition) is 2. The van der Waals surface area contributed by atoms with Crippen molar-refractivity contribution in [2.45, 2.75) is 13.0 Å². The second-order valence-corrected chi connectivity index (χ2v) is 6.76. The van der Waals surface area contributed by atoms with Crippen LogP contribution in [-0.2, 0) is 17.7 Å². The lowest BCUT2D eigenvalue weighted by Gasteiger charge is -2.28. The molecule has 0 amide bonds. The Hall–Kier alpha value is -1.32. The maximum absolute atomic E-state index is 5.93. The zero-order valence-electron chi connectivity index (χ0n) is 14.2. The Morgan fingerprint density at radius 2 is 1.96 bits per heavy atom. The minimum Gasteiger partial charge on any atom is -0.378 e. The first kappa shape index (κ1) is 20.0. The van der Waals surface area contributed by atoms with Gasteiger partial charge < -0.3 is 20.7 Å². The monoisotopic (exact) mass is 472 g/mol. The Morgan fingerprint density at radius 3 is 2.64 bits per heavy atom. The summed E-state index contributed by atoms with van der Waals surface area (Å²) in [6.07, 6.45) is 0.974. The number of anilines is 1. The first-order chi connectivity index (χ1) is 11.8. The summed E-state index contributed by atoms with van der Waals surface area (Å²) in [6, 6.07) is 12.7. The topological polar surface area (TPSA) is 62.9 Å². The zero-order valence-corrected chi connectivity index (χ0v) is 17.3. The predicted molar refractivity (Wildman–Crippen MR) is 116 cm³/mol. The average Bonchev–Trinajstić information content (AvgIpc) is 3.15. The first-order valence-electron chi connectivity index (χ1n) is 8.29. The van der Waals surface area contributed by atoms with E-state index in [1.165, 1.54) is 10.6 Å². The van der Waals surface area contributed by atoms with Gasteiger partial charge in [0.2, 0.25) is 0 Å². The van der Waals surface area contributed by atoms with Crippen molar-refractivity contribution in [2.75, 3.05) is 37.7 Å². The van der Waals surface area contributed by atoms with E-state index < -0.39 is 0 Å². The van der Waals surface area contributed by atoms with Gasteiger partial charge in [0.15, 0.2) is 5.96 Å². The molecule has 5 nitrogen and oxygen atoms in total. The molecule has 0 bridgehead atoms. The first-order valence-corrected chi connectivity index (χ1v) is 9.17. The van der Waals surface area contributed by atoms with Crippen LogP contribution in [0.1, 0.15) is 10.4 Å². The van der Waals surface area contributed by atoms with Gasteiger partial charge in [-0.05, 0) is 35.6 Å². The van der Waals surface area contributed by atoms with Gasteiger partial charge in [-0.2, -0.15) is 0 Å². The highest BCUT2D eigenvalue weighted by Crippen LogP contribution is 2.17. The van der Waals surface area contributed by atoms with Gasteiger partial charge in [-0.1, -0.05) is 18.2 Å². The normalized spacial score (nSPS) is 14.9. The van der Waals surface area contributed by atoms with Gasteiger partial charge in [0.1, 0.15) is 0 Å². The van der Waals surface area contributed by atoms with Gasteiger partial charge in [-0.3, -0.25) is 0 Å². The molecular formula is C18H25IN4OS.